The van der Waals surface area contributed by atoms with Crippen molar-refractivity contribution in [1.82, 2.24) is 4.57 Å². The zero-order valence-corrected chi connectivity index (χ0v) is 17.5. The molecule has 6 nitrogen and oxygen atoms in total. The molecule has 0 aliphatic heterocycles. The van der Waals surface area contributed by atoms with Crippen LogP contribution in [0.5, 0.6) is 0 Å². The first-order valence-electron chi connectivity index (χ1n) is 9.63. The first kappa shape index (κ1) is 21.0. The summed E-state index contributed by atoms with van der Waals surface area (Å²) in [6.45, 7) is 6.17. The third kappa shape index (κ3) is 4.49. The number of carbonyl (C=O) groups is 2. The first-order chi connectivity index (χ1) is 14.4. The number of hydrogen-bond acceptors (Lipinski definition) is 5. The molecule has 0 spiro atoms. The highest BCUT2D eigenvalue weighted by atomic mass is 16.5. The number of aromatic nitrogens is 1. The summed E-state index contributed by atoms with van der Waals surface area (Å²) in [6, 6.07) is 16.3. The Hall–Kier alpha value is -3.67. The summed E-state index contributed by atoms with van der Waals surface area (Å²) in [4.78, 5) is 27.9. The standard InChI is InChI=1S/C24H24N2O4/c1-5-30-24(28)19-6-10-21(11-7-19)25-15-20-14-16(2)26(17(20)3)22-12-8-18(9-13-22)23(27)29-4/h6-15H,5H2,1-4H3. The van der Waals surface area contributed by atoms with Gasteiger partial charge in [-0.3, -0.25) is 4.99 Å². The lowest BCUT2D eigenvalue weighted by Crippen LogP contribution is -2.03. The van der Waals surface area contributed by atoms with Crippen molar-refractivity contribution in [2.75, 3.05) is 13.7 Å². The van der Waals surface area contributed by atoms with Crippen molar-refractivity contribution in [1.29, 1.82) is 0 Å². The van der Waals surface area contributed by atoms with Gasteiger partial charge in [0.15, 0.2) is 0 Å². The van der Waals surface area contributed by atoms with Crippen molar-refractivity contribution in [2.24, 2.45) is 4.99 Å². The molecule has 0 unspecified atom stereocenters. The first-order valence-corrected chi connectivity index (χ1v) is 9.63. The highest BCUT2D eigenvalue weighted by Gasteiger charge is 2.11. The molecule has 1 heterocycles. The van der Waals surface area contributed by atoms with E-state index in [0.29, 0.717) is 17.7 Å². The van der Waals surface area contributed by atoms with Gasteiger partial charge in [-0.2, -0.15) is 0 Å². The van der Waals surface area contributed by atoms with Crippen molar-refractivity contribution >= 4 is 23.8 Å². The van der Waals surface area contributed by atoms with Crippen LogP contribution in [0.15, 0.2) is 59.6 Å². The molecule has 0 bridgehead atoms. The maximum absolute atomic E-state index is 11.7. The number of benzene rings is 2. The van der Waals surface area contributed by atoms with Crippen molar-refractivity contribution in [3.63, 3.8) is 0 Å². The Labute approximate surface area is 175 Å². The molecule has 0 aliphatic carbocycles. The largest absolute Gasteiger partial charge is 0.465 e. The molecular weight excluding hydrogens is 380 g/mol. The monoisotopic (exact) mass is 404 g/mol. The van der Waals surface area contributed by atoms with E-state index >= 15 is 0 Å². The van der Waals surface area contributed by atoms with E-state index in [1.165, 1.54) is 7.11 Å². The molecule has 2 aromatic carbocycles. The van der Waals surface area contributed by atoms with E-state index in [-0.39, 0.29) is 11.9 Å². The van der Waals surface area contributed by atoms with Gasteiger partial charge in [-0.1, -0.05) is 0 Å². The van der Waals surface area contributed by atoms with Gasteiger partial charge in [-0.15, -0.1) is 0 Å². The smallest absolute Gasteiger partial charge is 0.338 e. The number of nitrogens with zero attached hydrogens (tertiary/aromatic N) is 2. The molecule has 0 amide bonds. The van der Waals surface area contributed by atoms with E-state index in [1.807, 2.05) is 26.0 Å². The van der Waals surface area contributed by atoms with Crippen LogP contribution < -0.4 is 0 Å². The molecule has 0 N–H and O–H groups in total. The normalized spacial score (nSPS) is 10.9. The number of ether oxygens (including phenoxy) is 2. The summed E-state index contributed by atoms with van der Waals surface area (Å²) in [5.74, 6) is -0.695. The third-order valence-electron chi connectivity index (χ3n) is 4.75. The van der Waals surface area contributed by atoms with Crippen LogP contribution >= 0.6 is 0 Å². The van der Waals surface area contributed by atoms with E-state index in [1.54, 1.807) is 49.5 Å². The molecule has 3 aromatic rings. The lowest BCUT2D eigenvalue weighted by molar-refractivity contribution is 0.0525. The molecule has 0 fully saturated rings. The molecular formula is C24H24N2O4. The number of rotatable bonds is 6. The molecule has 1 aromatic heterocycles. The molecule has 0 aliphatic rings. The second-order valence-electron chi connectivity index (χ2n) is 6.73. The van der Waals surface area contributed by atoms with Crippen LogP contribution in [0.25, 0.3) is 5.69 Å². The predicted octanol–water partition coefficient (Wildman–Crippen LogP) is 4.81. The van der Waals surface area contributed by atoms with Crippen LogP contribution in [0.1, 0.15) is 44.6 Å². The average Bonchev–Trinajstić information content (AvgIpc) is 3.05. The van der Waals surface area contributed by atoms with E-state index in [2.05, 4.69) is 15.6 Å². The predicted molar refractivity (Wildman–Crippen MR) is 116 cm³/mol. The number of aliphatic imine (C=N–C) groups is 1. The molecule has 6 heteroatoms. The fourth-order valence-corrected chi connectivity index (χ4v) is 3.22. The van der Waals surface area contributed by atoms with Gasteiger partial charge in [-0.25, -0.2) is 9.59 Å². The van der Waals surface area contributed by atoms with E-state index in [9.17, 15) is 9.59 Å². The SMILES string of the molecule is CCOC(=O)c1ccc(N=Cc2cc(C)n(-c3ccc(C(=O)OC)cc3)c2C)cc1. The van der Waals surface area contributed by atoms with Gasteiger partial charge in [0, 0.05) is 28.9 Å². The fraction of sp³-hybridized carbons (Fsp3) is 0.208. The zero-order chi connectivity index (χ0) is 21.7. The van der Waals surface area contributed by atoms with E-state index < -0.39 is 0 Å². The molecule has 0 atom stereocenters. The molecule has 0 saturated carbocycles. The Kier molecular flexibility index (Phi) is 6.47. The van der Waals surface area contributed by atoms with Gasteiger partial charge < -0.3 is 14.0 Å². The van der Waals surface area contributed by atoms with Gasteiger partial charge in [-0.05, 0) is 75.4 Å². The van der Waals surface area contributed by atoms with Crippen LogP contribution in [-0.4, -0.2) is 36.4 Å². The van der Waals surface area contributed by atoms with E-state index in [0.717, 1.165) is 28.3 Å². The Morgan fingerprint density at radius 1 is 0.967 bits per heavy atom. The fourth-order valence-electron chi connectivity index (χ4n) is 3.22. The summed E-state index contributed by atoms with van der Waals surface area (Å²) >= 11 is 0. The average molecular weight is 404 g/mol. The van der Waals surface area contributed by atoms with Crippen LogP contribution in [0.2, 0.25) is 0 Å². The van der Waals surface area contributed by atoms with Crippen molar-refractivity contribution in [3.8, 4) is 5.69 Å². The molecule has 3 rings (SSSR count). The Morgan fingerprint density at radius 3 is 2.17 bits per heavy atom. The van der Waals surface area contributed by atoms with Crippen LogP contribution in [0.3, 0.4) is 0 Å². The molecule has 0 radical (unpaired) electrons. The topological polar surface area (TPSA) is 69.9 Å². The molecule has 30 heavy (non-hydrogen) atoms. The summed E-state index contributed by atoms with van der Waals surface area (Å²) in [5, 5.41) is 0. The Balaban J connectivity index is 1.82. The minimum absolute atomic E-state index is 0.338. The quantitative estimate of drug-likeness (QED) is 0.437. The summed E-state index contributed by atoms with van der Waals surface area (Å²) in [6.07, 6.45) is 1.81. The number of methoxy groups -OCH3 is 1. The van der Waals surface area contributed by atoms with Gasteiger partial charge in [0.2, 0.25) is 0 Å². The van der Waals surface area contributed by atoms with Gasteiger partial charge >= 0.3 is 11.9 Å². The van der Waals surface area contributed by atoms with Crippen molar-refractivity contribution in [3.05, 3.63) is 82.7 Å². The van der Waals surface area contributed by atoms with Crippen LogP contribution in [0.4, 0.5) is 5.69 Å². The third-order valence-corrected chi connectivity index (χ3v) is 4.75. The number of hydrogen-bond donors (Lipinski definition) is 0. The number of esters is 2. The Bertz CT molecular complexity index is 1080. The number of aryl methyl sites for hydroxylation is 1. The molecule has 0 saturated heterocycles. The summed E-state index contributed by atoms with van der Waals surface area (Å²) in [7, 11) is 1.37. The van der Waals surface area contributed by atoms with Crippen LogP contribution in [-0.2, 0) is 9.47 Å². The van der Waals surface area contributed by atoms with Crippen molar-refractivity contribution < 1.29 is 19.1 Å². The van der Waals surface area contributed by atoms with Gasteiger partial charge in [0.05, 0.1) is 30.5 Å². The zero-order valence-electron chi connectivity index (χ0n) is 17.5. The minimum atomic E-state index is -0.357. The second kappa shape index (κ2) is 9.22. The second-order valence-corrected chi connectivity index (χ2v) is 6.73. The van der Waals surface area contributed by atoms with Crippen molar-refractivity contribution in [2.45, 2.75) is 20.8 Å². The summed E-state index contributed by atoms with van der Waals surface area (Å²) < 4.78 is 11.8. The van der Waals surface area contributed by atoms with Crippen LogP contribution in [0, 0.1) is 13.8 Å². The maximum atomic E-state index is 11.7. The lowest BCUT2D eigenvalue weighted by atomic mass is 10.2. The lowest BCUT2D eigenvalue weighted by Gasteiger charge is -2.10. The minimum Gasteiger partial charge on any atom is -0.465 e. The Morgan fingerprint density at radius 2 is 1.57 bits per heavy atom. The maximum Gasteiger partial charge on any atom is 0.338 e. The van der Waals surface area contributed by atoms with Gasteiger partial charge in [0.25, 0.3) is 0 Å². The number of carbonyl (C=O) groups excluding carboxylic acids is 2. The molecule has 154 valence electrons. The summed E-state index contributed by atoms with van der Waals surface area (Å²) in [5.41, 5.74) is 5.79. The highest BCUT2D eigenvalue weighted by molar-refractivity contribution is 5.90. The highest BCUT2D eigenvalue weighted by Crippen LogP contribution is 2.21. The van der Waals surface area contributed by atoms with E-state index in [4.69, 9.17) is 9.47 Å². The van der Waals surface area contributed by atoms with Gasteiger partial charge in [0.1, 0.15) is 0 Å².